The minimum atomic E-state index is -0.745. The van der Waals surface area contributed by atoms with E-state index in [4.69, 9.17) is 28.6 Å². The monoisotopic (exact) mass is 544 g/mol. The van der Waals surface area contributed by atoms with Crippen LogP contribution in [-0.4, -0.2) is 16.9 Å². The summed E-state index contributed by atoms with van der Waals surface area (Å²) in [6.07, 6.45) is 1.37. The van der Waals surface area contributed by atoms with E-state index in [1.807, 2.05) is 30.3 Å². The van der Waals surface area contributed by atoms with Crippen molar-refractivity contribution >= 4 is 68.4 Å². The van der Waals surface area contributed by atoms with Gasteiger partial charge in [-0.1, -0.05) is 54.1 Å². The summed E-state index contributed by atoms with van der Waals surface area (Å²) in [4.78, 5) is 26.5. The minimum absolute atomic E-state index is 0.0535. The molecule has 1 heterocycles. The van der Waals surface area contributed by atoms with Gasteiger partial charge in [0.15, 0.2) is 10.9 Å². The molecule has 9 heteroatoms. The molecule has 1 N–H and O–H groups in total. The number of carbonyl (C=O) groups is 2. The van der Waals surface area contributed by atoms with Gasteiger partial charge in [-0.2, -0.15) is 0 Å². The van der Waals surface area contributed by atoms with Crippen LogP contribution < -0.4 is 15.0 Å². The fourth-order valence-corrected chi connectivity index (χ4v) is 4.47. The molecule has 5 nitrogen and oxygen atoms in total. The van der Waals surface area contributed by atoms with Crippen LogP contribution in [-0.2, 0) is 16.2 Å². The van der Waals surface area contributed by atoms with Crippen LogP contribution in [0.4, 0.5) is 10.1 Å². The lowest BCUT2D eigenvalue weighted by Gasteiger charge is -2.29. The number of para-hydroxylation sites is 1. The molecule has 3 aromatic carbocycles. The molecular formula is C24H15BrClFN2O3S. The molecule has 0 bridgehead atoms. The maximum atomic E-state index is 14.3. The van der Waals surface area contributed by atoms with Crippen LogP contribution in [0.15, 0.2) is 76.8 Å². The Morgan fingerprint density at radius 2 is 1.79 bits per heavy atom. The number of hydrogen-bond donors (Lipinski definition) is 1. The number of benzene rings is 3. The molecule has 166 valence electrons. The van der Waals surface area contributed by atoms with Crippen molar-refractivity contribution in [2.45, 2.75) is 6.61 Å². The lowest BCUT2D eigenvalue weighted by molar-refractivity contribution is -0.122. The highest BCUT2D eigenvalue weighted by atomic mass is 79.9. The molecular weight excluding hydrogens is 531 g/mol. The summed E-state index contributed by atoms with van der Waals surface area (Å²) in [5, 5.41) is 2.52. The number of anilines is 1. The summed E-state index contributed by atoms with van der Waals surface area (Å²) in [7, 11) is 0. The first-order chi connectivity index (χ1) is 15.8. The van der Waals surface area contributed by atoms with E-state index >= 15 is 0 Å². The summed E-state index contributed by atoms with van der Waals surface area (Å²) < 4.78 is 20.7. The first-order valence-electron chi connectivity index (χ1n) is 9.67. The molecule has 0 spiro atoms. The maximum Gasteiger partial charge on any atom is 0.270 e. The van der Waals surface area contributed by atoms with Crippen molar-refractivity contribution in [2.24, 2.45) is 0 Å². The summed E-state index contributed by atoms with van der Waals surface area (Å²) in [6, 6.07) is 18.5. The standard InChI is InChI=1S/C24H15BrClFN2O3S/c25-17-11-15(12-18(26)21(17)32-13-14-6-2-1-3-7-14)10-16-22(30)28-24(33)29(23(16)31)20-9-5-4-8-19(20)27/h1-12H,13H2,(H,28,30,33)/b16-10+. The quantitative estimate of drug-likeness (QED) is 0.256. The van der Waals surface area contributed by atoms with Gasteiger partial charge in [0.2, 0.25) is 0 Å². The smallest absolute Gasteiger partial charge is 0.270 e. The van der Waals surface area contributed by atoms with Crippen molar-refractivity contribution in [3.05, 3.63) is 98.7 Å². The molecule has 33 heavy (non-hydrogen) atoms. The number of hydrogen-bond acceptors (Lipinski definition) is 4. The average molecular weight is 546 g/mol. The Balaban J connectivity index is 1.63. The number of halogens is 3. The van der Waals surface area contributed by atoms with Crippen LogP contribution in [0.25, 0.3) is 6.08 Å². The van der Waals surface area contributed by atoms with Crippen molar-refractivity contribution < 1.29 is 18.7 Å². The van der Waals surface area contributed by atoms with E-state index in [0.717, 1.165) is 10.5 Å². The van der Waals surface area contributed by atoms with Gasteiger partial charge in [-0.15, -0.1) is 0 Å². The topological polar surface area (TPSA) is 58.6 Å². The SMILES string of the molecule is O=C1NC(=S)N(c2ccccc2F)C(=O)/C1=C/c1cc(Cl)c(OCc2ccccc2)c(Br)c1. The van der Waals surface area contributed by atoms with Gasteiger partial charge >= 0.3 is 0 Å². The van der Waals surface area contributed by atoms with E-state index in [1.54, 1.807) is 18.2 Å². The van der Waals surface area contributed by atoms with Crippen LogP contribution in [0.3, 0.4) is 0 Å². The van der Waals surface area contributed by atoms with Crippen LogP contribution in [0, 0.1) is 5.82 Å². The Hall–Kier alpha value is -3.07. The Morgan fingerprint density at radius 1 is 1.09 bits per heavy atom. The zero-order chi connectivity index (χ0) is 23.5. The first-order valence-corrected chi connectivity index (χ1v) is 11.2. The molecule has 0 aliphatic carbocycles. The molecule has 1 fully saturated rings. The Kier molecular flexibility index (Phi) is 6.88. The third kappa shape index (κ3) is 4.98. The molecule has 1 saturated heterocycles. The summed E-state index contributed by atoms with van der Waals surface area (Å²) in [5.41, 5.74) is 1.18. The molecule has 2 amide bonds. The number of nitrogens with zero attached hydrogens (tertiary/aromatic N) is 1. The summed E-state index contributed by atoms with van der Waals surface area (Å²) in [6.45, 7) is 0.315. The lowest BCUT2D eigenvalue weighted by atomic mass is 10.1. The normalized spacial score (nSPS) is 15.1. The lowest BCUT2D eigenvalue weighted by Crippen LogP contribution is -2.54. The van der Waals surface area contributed by atoms with Gasteiger partial charge in [-0.3, -0.25) is 14.9 Å². The molecule has 1 aliphatic rings. The summed E-state index contributed by atoms with van der Waals surface area (Å²) >= 11 is 14.9. The second-order valence-electron chi connectivity index (χ2n) is 7.00. The van der Waals surface area contributed by atoms with Gasteiger partial charge in [-0.05, 0) is 69.6 Å². The number of ether oxygens (including phenoxy) is 1. The molecule has 0 saturated carbocycles. The Bertz CT molecular complexity index is 1280. The maximum absolute atomic E-state index is 14.3. The van der Waals surface area contributed by atoms with Gasteiger partial charge < -0.3 is 4.74 Å². The molecule has 3 aromatic rings. The number of amides is 2. The number of nitrogens with one attached hydrogen (secondary N) is 1. The number of rotatable bonds is 5. The average Bonchev–Trinajstić information content (AvgIpc) is 2.78. The number of thiocarbonyl (C=S) groups is 1. The molecule has 4 rings (SSSR count). The number of carbonyl (C=O) groups excluding carboxylic acids is 2. The van der Waals surface area contributed by atoms with Crippen molar-refractivity contribution in [3.63, 3.8) is 0 Å². The van der Waals surface area contributed by atoms with E-state index < -0.39 is 17.6 Å². The van der Waals surface area contributed by atoms with E-state index in [0.29, 0.717) is 22.4 Å². The van der Waals surface area contributed by atoms with Gasteiger partial charge in [0.1, 0.15) is 18.0 Å². The fourth-order valence-electron chi connectivity index (χ4n) is 3.21. The highest BCUT2D eigenvalue weighted by Crippen LogP contribution is 2.36. The predicted octanol–water partition coefficient (Wildman–Crippen LogP) is 5.65. The Labute approximate surface area is 207 Å². The second-order valence-corrected chi connectivity index (χ2v) is 8.65. The van der Waals surface area contributed by atoms with Gasteiger partial charge in [0.05, 0.1) is 15.2 Å². The highest BCUT2D eigenvalue weighted by molar-refractivity contribution is 9.10. The van der Waals surface area contributed by atoms with Gasteiger partial charge in [0, 0.05) is 0 Å². The van der Waals surface area contributed by atoms with Gasteiger partial charge in [-0.25, -0.2) is 9.29 Å². The zero-order valence-electron chi connectivity index (χ0n) is 16.8. The van der Waals surface area contributed by atoms with E-state index in [-0.39, 0.29) is 21.4 Å². The predicted molar refractivity (Wildman–Crippen MR) is 133 cm³/mol. The highest BCUT2D eigenvalue weighted by Gasteiger charge is 2.35. The second kappa shape index (κ2) is 9.82. The van der Waals surface area contributed by atoms with Crippen molar-refractivity contribution in [1.82, 2.24) is 5.32 Å². The van der Waals surface area contributed by atoms with Gasteiger partial charge in [0.25, 0.3) is 11.8 Å². The van der Waals surface area contributed by atoms with Crippen LogP contribution in [0.2, 0.25) is 5.02 Å². The van der Waals surface area contributed by atoms with E-state index in [9.17, 15) is 14.0 Å². The van der Waals surface area contributed by atoms with Crippen LogP contribution in [0.1, 0.15) is 11.1 Å². The zero-order valence-corrected chi connectivity index (χ0v) is 20.0. The fraction of sp³-hybridized carbons (Fsp3) is 0.0417. The third-order valence-electron chi connectivity index (χ3n) is 4.75. The minimum Gasteiger partial charge on any atom is -0.486 e. The molecule has 0 unspecified atom stereocenters. The van der Waals surface area contributed by atoms with Crippen LogP contribution in [0.5, 0.6) is 5.75 Å². The third-order valence-corrected chi connectivity index (χ3v) is 5.91. The van der Waals surface area contributed by atoms with Crippen molar-refractivity contribution in [2.75, 3.05) is 4.90 Å². The van der Waals surface area contributed by atoms with E-state index in [2.05, 4.69) is 21.2 Å². The Morgan fingerprint density at radius 3 is 2.48 bits per heavy atom. The first kappa shape index (κ1) is 23.1. The van der Waals surface area contributed by atoms with E-state index in [1.165, 1.54) is 24.3 Å². The molecule has 0 atom stereocenters. The molecule has 0 aromatic heterocycles. The largest absolute Gasteiger partial charge is 0.486 e. The molecule has 0 radical (unpaired) electrons. The molecule has 1 aliphatic heterocycles. The summed E-state index contributed by atoms with van der Waals surface area (Å²) in [5.74, 6) is -1.65. The van der Waals surface area contributed by atoms with Crippen molar-refractivity contribution in [3.8, 4) is 5.75 Å². The van der Waals surface area contributed by atoms with Crippen molar-refractivity contribution in [1.29, 1.82) is 0 Å². The van der Waals surface area contributed by atoms with Crippen LogP contribution >= 0.6 is 39.7 Å².